The van der Waals surface area contributed by atoms with E-state index in [9.17, 15) is 0 Å². The van der Waals surface area contributed by atoms with Crippen LogP contribution in [-0.4, -0.2) is 24.6 Å². The fourth-order valence-corrected chi connectivity index (χ4v) is 3.07. The molecule has 2 aromatic carbocycles. The highest BCUT2D eigenvalue weighted by Gasteiger charge is 2.07. The predicted molar refractivity (Wildman–Crippen MR) is 107 cm³/mol. The van der Waals surface area contributed by atoms with Crippen LogP contribution < -0.4 is 10.1 Å². The maximum absolute atomic E-state index is 6.03. The second-order valence-electron chi connectivity index (χ2n) is 6.37. The molecule has 5 rings (SSSR count). The van der Waals surface area contributed by atoms with Crippen LogP contribution in [0.5, 0.6) is 11.5 Å². The molecule has 0 bridgehead atoms. The fraction of sp³-hybridized carbons (Fsp3) is 0.0476. The molecule has 0 amide bonds. The number of rotatable bonds is 4. The molecule has 0 aliphatic heterocycles. The molecular weight excluding hydrogens is 352 g/mol. The van der Waals surface area contributed by atoms with Crippen LogP contribution in [0.2, 0.25) is 0 Å². The minimum Gasteiger partial charge on any atom is -0.457 e. The molecular formula is C21H16N6O. The van der Waals surface area contributed by atoms with Crippen LogP contribution >= 0.6 is 0 Å². The quantitative estimate of drug-likeness (QED) is 0.503. The SMILES string of the molecule is Cc1cc(Nc2ncnc3ccccc23)ccc1Oc1ccn2ncnc2c1. The number of nitrogens with zero attached hydrogens (tertiary/aromatic N) is 5. The predicted octanol–water partition coefficient (Wildman–Crippen LogP) is 4.52. The molecule has 0 aliphatic rings. The van der Waals surface area contributed by atoms with Gasteiger partial charge in [-0.3, -0.25) is 0 Å². The van der Waals surface area contributed by atoms with Crippen molar-refractivity contribution in [3.05, 3.63) is 79.0 Å². The minimum absolute atomic E-state index is 0.714. The summed E-state index contributed by atoms with van der Waals surface area (Å²) < 4.78 is 7.72. The van der Waals surface area contributed by atoms with Crippen LogP contribution in [0.3, 0.4) is 0 Å². The molecule has 1 N–H and O–H groups in total. The Morgan fingerprint density at radius 1 is 0.929 bits per heavy atom. The third-order valence-corrected chi connectivity index (χ3v) is 4.46. The fourth-order valence-electron chi connectivity index (χ4n) is 3.07. The van der Waals surface area contributed by atoms with Crippen LogP contribution in [0.4, 0.5) is 11.5 Å². The first-order chi connectivity index (χ1) is 13.8. The summed E-state index contributed by atoms with van der Waals surface area (Å²) in [6.07, 6.45) is 4.90. The van der Waals surface area contributed by atoms with Gasteiger partial charge in [0, 0.05) is 23.3 Å². The normalized spacial score (nSPS) is 11.0. The Labute approximate surface area is 160 Å². The van der Waals surface area contributed by atoms with E-state index in [1.54, 1.807) is 10.8 Å². The van der Waals surface area contributed by atoms with Crippen LogP contribution in [0.25, 0.3) is 16.6 Å². The summed E-state index contributed by atoms with van der Waals surface area (Å²) in [5.74, 6) is 2.27. The van der Waals surface area contributed by atoms with Crippen LogP contribution in [0.15, 0.2) is 73.4 Å². The number of aromatic nitrogens is 5. The van der Waals surface area contributed by atoms with Gasteiger partial charge in [-0.05, 0) is 48.9 Å². The second kappa shape index (κ2) is 6.62. The summed E-state index contributed by atoms with van der Waals surface area (Å²) in [4.78, 5) is 12.9. The maximum atomic E-state index is 6.03. The summed E-state index contributed by atoms with van der Waals surface area (Å²) in [5, 5.41) is 8.44. The Bertz CT molecular complexity index is 1290. The molecule has 0 fully saturated rings. The molecule has 0 saturated heterocycles. The van der Waals surface area contributed by atoms with E-state index in [1.807, 2.05) is 67.7 Å². The zero-order valence-corrected chi connectivity index (χ0v) is 15.1. The Balaban J connectivity index is 1.41. The van der Waals surface area contributed by atoms with Gasteiger partial charge in [-0.25, -0.2) is 19.5 Å². The lowest BCUT2D eigenvalue weighted by Crippen LogP contribution is -1.97. The van der Waals surface area contributed by atoms with Crippen molar-refractivity contribution in [2.45, 2.75) is 6.92 Å². The zero-order chi connectivity index (χ0) is 18.9. The highest BCUT2D eigenvalue weighted by Crippen LogP contribution is 2.29. The monoisotopic (exact) mass is 368 g/mol. The molecule has 3 heterocycles. The van der Waals surface area contributed by atoms with Gasteiger partial charge in [0.1, 0.15) is 30.0 Å². The number of hydrogen-bond acceptors (Lipinski definition) is 6. The highest BCUT2D eigenvalue weighted by atomic mass is 16.5. The molecule has 0 saturated carbocycles. The van der Waals surface area contributed by atoms with Crippen LogP contribution in [-0.2, 0) is 0 Å². The first-order valence-electron chi connectivity index (χ1n) is 8.81. The summed E-state index contributed by atoms with van der Waals surface area (Å²) in [7, 11) is 0. The molecule has 28 heavy (non-hydrogen) atoms. The standard InChI is InChI=1S/C21H16N6O/c1-14-10-15(26-21-17-4-2-3-5-18(17)22-12-24-21)6-7-19(14)28-16-8-9-27-20(11-16)23-13-25-27/h2-13H,1H3,(H,22,24,26). The van der Waals surface area contributed by atoms with E-state index in [-0.39, 0.29) is 0 Å². The Kier molecular flexibility index (Phi) is 3.83. The van der Waals surface area contributed by atoms with Crippen molar-refractivity contribution in [2.24, 2.45) is 0 Å². The summed E-state index contributed by atoms with van der Waals surface area (Å²) >= 11 is 0. The van der Waals surface area contributed by atoms with E-state index in [4.69, 9.17) is 4.74 Å². The lowest BCUT2D eigenvalue weighted by molar-refractivity contribution is 0.478. The molecule has 0 radical (unpaired) electrons. The molecule has 0 aliphatic carbocycles. The molecule has 3 aromatic heterocycles. The van der Waals surface area contributed by atoms with E-state index >= 15 is 0 Å². The summed E-state index contributed by atoms with van der Waals surface area (Å²) in [6.45, 7) is 2.01. The van der Waals surface area contributed by atoms with Crippen molar-refractivity contribution < 1.29 is 4.74 Å². The number of pyridine rings is 1. The Morgan fingerprint density at radius 2 is 1.86 bits per heavy atom. The van der Waals surface area contributed by atoms with E-state index in [0.29, 0.717) is 5.75 Å². The van der Waals surface area contributed by atoms with Gasteiger partial charge in [0.2, 0.25) is 0 Å². The number of aryl methyl sites for hydroxylation is 1. The zero-order valence-electron chi connectivity index (χ0n) is 15.1. The molecule has 136 valence electrons. The summed E-state index contributed by atoms with van der Waals surface area (Å²) in [6, 6.07) is 17.6. The number of para-hydroxylation sites is 1. The molecule has 0 unspecified atom stereocenters. The lowest BCUT2D eigenvalue weighted by atomic mass is 10.2. The largest absolute Gasteiger partial charge is 0.457 e. The van der Waals surface area contributed by atoms with Crippen molar-refractivity contribution in [3.63, 3.8) is 0 Å². The molecule has 7 nitrogen and oxygen atoms in total. The van der Waals surface area contributed by atoms with Gasteiger partial charge in [-0.15, -0.1) is 0 Å². The van der Waals surface area contributed by atoms with Gasteiger partial charge in [0.15, 0.2) is 5.65 Å². The Morgan fingerprint density at radius 3 is 2.79 bits per heavy atom. The van der Waals surface area contributed by atoms with E-state index in [1.165, 1.54) is 6.33 Å². The third-order valence-electron chi connectivity index (χ3n) is 4.46. The average molecular weight is 368 g/mol. The number of nitrogens with one attached hydrogen (secondary N) is 1. The first-order valence-corrected chi connectivity index (χ1v) is 8.81. The number of hydrogen-bond donors (Lipinski definition) is 1. The second-order valence-corrected chi connectivity index (χ2v) is 6.37. The van der Waals surface area contributed by atoms with E-state index in [2.05, 4.69) is 25.4 Å². The minimum atomic E-state index is 0.714. The molecule has 0 spiro atoms. The van der Waals surface area contributed by atoms with Gasteiger partial charge in [-0.1, -0.05) is 12.1 Å². The van der Waals surface area contributed by atoms with E-state index < -0.39 is 0 Å². The number of benzene rings is 2. The van der Waals surface area contributed by atoms with Gasteiger partial charge >= 0.3 is 0 Å². The van der Waals surface area contributed by atoms with Crippen molar-refractivity contribution in [2.75, 3.05) is 5.32 Å². The van der Waals surface area contributed by atoms with Gasteiger partial charge in [0.05, 0.1) is 5.52 Å². The topological polar surface area (TPSA) is 77.2 Å². The van der Waals surface area contributed by atoms with Crippen molar-refractivity contribution in [3.8, 4) is 11.5 Å². The Hall–Kier alpha value is -4.00. The van der Waals surface area contributed by atoms with Crippen molar-refractivity contribution in [1.82, 2.24) is 24.6 Å². The maximum Gasteiger partial charge on any atom is 0.158 e. The lowest BCUT2D eigenvalue weighted by Gasteiger charge is -2.12. The van der Waals surface area contributed by atoms with Crippen molar-refractivity contribution in [1.29, 1.82) is 0 Å². The van der Waals surface area contributed by atoms with Gasteiger partial charge in [0.25, 0.3) is 0 Å². The number of ether oxygens (including phenoxy) is 1. The molecule has 0 atom stereocenters. The van der Waals surface area contributed by atoms with Crippen LogP contribution in [0, 0.1) is 6.92 Å². The van der Waals surface area contributed by atoms with Crippen LogP contribution in [0.1, 0.15) is 5.56 Å². The molecule has 5 aromatic rings. The highest BCUT2D eigenvalue weighted by molar-refractivity contribution is 5.90. The molecule has 7 heteroatoms. The van der Waals surface area contributed by atoms with Gasteiger partial charge in [-0.2, -0.15) is 5.10 Å². The van der Waals surface area contributed by atoms with E-state index in [0.717, 1.165) is 39.4 Å². The number of anilines is 2. The average Bonchev–Trinajstić information content (AvgIpc) is 3.18. The first kappa shape index (κ1) is 16.2. The number of fused-ring (bicyclic) bond motifs is 2. The van der Waals surface area contributed by atoms with Gasteiger partial charge < -0.3 is 10.1 Å². The smallest absolute Gasteiger partial charge is 0.158 e. The van der Waals surface area contributed by atoms with Crippen molar-refractivity contribution >= 4 is 28.1 Å². The summed E-state index contributed by atoms with van der Waals surface area (Å²) in [5.41, 5.74) is 3.58. The third kappa shape index (κ3) is 2.99.